The van der Waals surface area contributed by atoms with Gasteiger partial charge in [-0.2, -0.15) is 5.21 Å². The van der Waals surface area contributed by atoms with E-state index in [4.69, 9.17) is 15.5 Å². The molecule has 3 aromatic rings. The smallest absolute Gasteiger partial charge is 0.270 e. The predicted octanol–water partition coefficient (Wildman–Crippen LogP) is 0.641. The second-order valence-electron chi connectivity index (χ2n) is 19.2. The van der Waals surface area contributed by atoms with Crippen LogP contribution in [0.3, 0.4) is 0 Å². The molecule has 1 aromatic carbocycles. The lowest BCUT2D eigenvalue weighted by atomic mass is 9.79. The number of nitrogens with zero attached hydrogens (tertiary/aromatic N) is 6. The summed E-state index contributed by atoms with van der Waals surface area (Å²) >= 11 is 1.33. The lowest BCUT2D eigenvalue weighted by Crippen LogP contribution is -2.58. The first-order chi connectivity index (χ1) is 35.5. The summed E-state index contributed by atoms with van der Waals surface area (Å²) in [5, 5.41) is 35.5. The van der Waals surface area contributed by atoms with E-state index in [2.05, 4.69) is 76.6 Å². The maximum atomic E-state index is 14.7. The number of benzene rings is 1. The summed E-state index contributed by atoms with van der Waals surface area (Å²) in [5.41, 5.74) is 7.54. The van der Waals surface area contributed by atoms with Crippen molar-refractivity contribution in [2.24, 2.45) is 17.6 Å². The summed E-state index contributed by atoms with van der Waals surface area (Å²) in [5.74, 6) is -3.66. The zero-order chi connectivity index (χ0) is 53.9. The SMILES string of the molecule is CCCN(C(=O)[C@@H](NC(=O)[C@H]1CCCCN1C)[C@@H](C)CC)[C@H](C[C@@H](OCC)c1nc(C(=O)NC2Cc3ccc(NC(=O)CNC(=O)CNC(=O)CNC(=O)CNC(=O)CN)cc3[C@H](c3nn[nH]n3)C2)cs1)C(C)C. The normalized spacial score (nSPS) is 18.1. The van der Waals surface area contributed by atoms with Gasteiger partial charge in [-0.05, 0) is 87.7 Å². The third-order valence-electron chi connectivity index (χ3n) is 13.4. The van der Waals surface area contributed by atoms with E-state index in [9.17, 15) is 38.4 Å². The largest absolute Gasteiger partial charge is 0.371 e. The number of likely N-dealkylation sites (N-methyl/N-ethyl adjacent to an activating group) is 1. The van der Waals surface area contributed by atoms with Crippen molar-refractivity contribution >= 4 is 64.3 Å². The third-order valence-corrected chi connectivity index (χ3v) is 14.3. The number of likely N-dealkylation sites (tertiary alicyclic amines) is 1. The molecule has 1 fully saturated rings. The Balaban J connectivity index is 1.21. The molecule has 5 rings (SSSR count). The van der Waals surface area contributed by atoms with Gasteiger partial charge >= 0.3 is 0 Å². The number of rotatable bonds is 27. The first kappa shape index (κ1) is 58.4. The Morgan fingerprint density at radius 2 is 1.59 bits per heavy atom. The second kappa shape index (κ2) is 28.9. The number of piperidine rings is 1. The van der Waals surface area contributed by atoms with Crippen molar-refractivity contribution in [3.63, 3.8) is 0 Å². The van der Waals surface area contributed by atoms with Crippen LogP contribution >= 0.6 is 11.3 Å². The minimum absolute atomic E-state index is 0.0325. The molecule has 0 saturated carbocycles. The van der Waals surface area contributed by atoms with Crippen LogP contribution in [0.25, 0.3) is 0 Å². The average Bonchev–Trinajstić information content (AvgIpc) is 4.12. The van der Waals surface area contributed by atoms with Crippen LogP contribution in [0.5, 0.6) is 0 Å². The molecule has 1 unspecified atom stereocenters. The molecule has 0 radical (unpaired) electrons. The number of amides is 8. The van der Waals surface area contributed by atoms with Gasteiger partial charge in [-0.25, -0.2) is 4.98 Å². The van der Waals surface area contributed by atoms with Crippen LogP contribution in [-0.4, -0.2) is 166 Å². The van der Waals surface area contributed by atoms with Gasteiger partial charge in [-0.15, -0.1) is 21.5 Å². The Hall–Kier alpha value is -6.44. The van der Waals surface area contributed by atoms with Crippen molar-refractivity contribution in [3.05, 3.63) is 51.2 Å². The minimum atomic E-state index is -0.685. The predicted molar refractivity (Wildman–Crippen MR) is 275 cm³/mol. The molecule has 2 aromatic heterocycles. The van der Waals surface area contributed by atoms with E-state index in [0.717, 1.165) is 43.4 Å². The monoisotopic (exact) mass is 1050 g/mol. The summed E-state index contributed by atoms with van der Waals surface area (Å²) in [4.78, 5) is 112. The third kappa shape index (κ3) is 16.8. The van der Waals surface area contributed by atoms with Crippen LogP contribution in [0, 0.1) is 11.8 Å². The van der Waals surface area contributed by atoms with Crippen molar-refractivity contribution in [2.45, 2.75) is 129 Å². The molecule has 1 saturated heterocycles. The highest BCUT2D eigenvalue weighted by Crippen LogP contribution is 2.37. The number of hydrogen-bond donors (Lipinski definition) is 9. The number of thiazole rings is 1. The molecule has 2 aliphatic rings. The van der Waals surface area contributed by atoms with Crippen LogP contribution in [-0.2, 0) is 44.7 Å². The van der Waals surface area contributed by atoms with E-state index in [1.54, 1.807) is 17.5 Å². The molecule has 3 heterocycles. The second-order valence-corrected chi connectivity index (χ2v) is 20.1. The fourth-order valence-electron chi connectivity index (χ4n) is 9.21. The summed E-state index contributed by atoms with van der Waals surface area (Å²) in [6, 6.07) is 3.77. The quantitative estimate of drug-likeness (QED) is 0.0506. The lowest BCUT2D eigenvalue weighted by Gasteiger charge is -2.40. The summed E-state index contributed by atoms with van der Waals surface area (Å²) in [6.45, 7) is 12.0. The van der Waals surface area contributed by atoms with Crippen LogP contribution in [0.1, 0.15) is 131 Å². The molecule has 1 aliphatic carbocycles. The molecule has 8 amide bonds. The first-order valence-corrected chi connectivity index (χ1v) is 26.5. The highest BCUT2D eigenvalue weighted by Gasteiger charge is 2.39. The van der Waals surface area contributed by atoms with E-state index in [1.807, 2.05) is 45.7 Å². The van der Waals surface area contributed by atoms with Crippen molar-refractivity contribution in [1.82, 2.24) is 67.3 Å². The molecule has 25 heteroatoms. The molecule has 10 N–H and O–H groups in total. The van der Waals surface area contributed by atoms with Gasteiger partial charge < -0.3 is 52.6 Å². The molecule has 1 aliphatic heterocycles. The number of H-pyrrole nitrogens is 1. The number of ether oxygens (including phenoxy) is 1. The van der Waals surface area contributed by atoms with Gasteiger partial charge in [0, 0.05) is 42.7 Å². The van der Waals surface area contributed by atoms with Gasteiger partial charge in [-0.3, -0.25) is 43.3 Å². The lowest BCUT2D eigenvalue weighted by molar-refractivity contribution is -0.143. The fraction of sp³-hybridized carbons (Fsp3) is 0.633. The maximum Gasteiger partial charge on any atom is 0.270 e. The Labute approximate surface area is 436 Å². The molecule has 7 atom stereocenters. The number of hydrogen-bond acceptors (Lipinski definition) is 16. The summed E-state index contributed by atoms with van der Waals surface area (Å²) < 4.78 is 6.34. The highest BCUT2D eigenvalue weighted by atomic mass is 32.1. The number of carbonyl (C=O) groups is 8. The number of anilines is 1. The van der Waals surface area contributed by atoms with Crippen LogP contribution in [0.15, 0.2) is 23.6 Å². The van der Waals surface area contributed by atoms with Crippen molar-refractivity contribution in [3.8, 4) is 0 Å². The number of aromatic amines is 1. The molecule has 406 valence electrons. The van der Waals surface area contributed by atoms with Crippen molar-refractivity contribution < 1.29 is 43.1 Å². The number of aromatic nitrogens is 5. The minimum Gasteiger partial charge on any atom is -0.371 e. The summed E-state index contributed by atoms with van der Waals surface area (Å²) in [6.07, 6.45) is 4.99. The molecule has 24 nitrogen and oxygen atoms in total. The Morgan fingerprint density at radius 3 is 2.19 bits per heavy atom. The van der Waals surface area contributed by atoms with E-state index in [0.29, 0.717) is 55.4 Å². The van der Waals surface area contributed by atoms with Gasteiger partial charge in [0.15, 0.2) is 5.82 Å². The number of nitrogens with two attached hydrogens (primary N) is 1. The van der Waals surface area contributed by atoms with Crippen LogP contribution in [0.4, 0.5) is 5.69 Å². The first-order valence-electron chi connectivity index (χ1n) is 25.6. The molecular formula is C49H75N15O9S. The average molecular weight is 1050 g/mol. The topological polar surface area (TPSA) is 330 Å². The van der Waals surface area contributed by atoms with Crippen LogP contribution < -0.4 is 43.0 Å². The zero-order valence-corrected chi connectivity index (χ0v) is 44.4. The Bertz CT molecular complexity index is 2380. The van der Waals surface area contributed by atoms with Gasteiger partial charge in [0.25, 0.3) is 5.91 Å². The number of carbonyl (C=O) groups excluding carboxylic acids is 8. The van der Waals surface area contributed by atoms with E-state index < -0.39 is 67.2 Å². The van der Waals surface area contributed by atoms with E-state index >= 15 is 0 Å². The maximum absolute atomic E-state index is 14.7. The van der Waals surface area contributed by atoms with Gasteiger partial charge in [0.2, 0.25) is 41.4 Å². The number of tetrazole rings is 1. The van der Waals surface area contributed by atoms with Gasteiger partial charge in [0.05, 0.1) is 44.7 Å². The Kier molecular flexibility index (Phi) is 22.8. The molecule has 0 bridgehead atoms. The van der Waals surface area contributed by atoms with Gasteiger partial charge in [-0.1, -0.05) is 58.7 Å². The molecule has 74 heavy (non-hydrogen) atoms. The van der Waals surface area contributed by atoms with Crippen molar-refractivity contribution in [2.75, 3.05) is 64.8 Å². The van der Waals surface area contributed by atoms with E-state index in [-0.39, 0.29) is 66.5 Å². The highest BCUT2D eigenvalue weighted by molar-refractivity contribution is 7.09. The van der Waals surface area contributed by atoms with Crippen LogP contribution in [0.2, 0.25) is 0 Å². The molecule has 0 spiro atoms. The number of nitrogens with one attached hydrogen (secondary N) is 8. The van der Waals surface area contributed by atoms with E-state index in [1.165, 1.54) is 11.3 Å². The Morgan fingerprint density at radius 1 is 0.919 bits per heavy atom. The molecular weight excluding hydrogens is 975 g/mol. The van der Waals surface area contributed by atoms with Crippen molar-refractivity contribution in [1.29, 1.82) is 0 Å². The van der Waals surface area contributed by atoms with Gasteiger partial charge in [0.1, 0.15) is 22.8 Å². The fourth-order valence-corrected chi connectivity index (χ4v) is 10.1. The zero-order valence-electron chi connectivity index (χ0n) is 43.6. The summed E-state index contributed by atoms with van der Waals surface area (Å²) in [7, 11) is 1.97. The number of fused-ring (bicyclic) bond motifs is 1. The standard InChI is InChI=1S/C49H75N15O9S/c1-8-16-64(49(72)44(29(6)9-2)58-47(71)36-13-11-12-17-63(36)7)37(28(4)5)21-38(73-10-3)48-57-35(27-74-48)46(70)56-32-18-30-14-15-31(19-33(30)34(20-32)45-59-61-62-60-45)55-43(69)26-54-42(68)25-53-41(67)24-52-40(66)23-51-39(65)22-50/h14-15,19,27-29,32,34,36-38,44H,8-13,16-18,20-26,50H2,1-7H3,(H,51,65)(H,52,66)(H,53,67)(H,54,68)(H,55,69)(H,56,70)(H,58,71)(H,59,60,61,62)/t29-,32?,34+,36+,37+,38+,44-/m0/s1.